The van der Waals surface area contributed by atoms with Gasteiger partial charge in [-0.15, -0.1) is 0 Å². The van der Waals surface area contributed by atoms with Crippen LogP contribution >= 0.6 is 0 Å². The summed E-state index contributed by atoms with van der Waals surface area (Å²) in [6.45, 7) is 0.856. The molecule has 0 spiro atoms. The SMILES string of the molecule is CC(CF)NC(=O)CCc1c(-c2ccc(F)cc2)[nH]c2c(F)cc(F)cc12. The Hall–Kier alpha value is -2.83. The van der Waals surface area contributed by atoms with Crippen molar-refractivity contribution in [2.45, 2.75) is 25.8 Å². The van der Waals surface area contributed by atoms with E-state index >= 15 is 0 Å². The number of aromatic amines is 1. The van der Waals surface area contributed by atoms with E-state index in [2.05, 4.69) is 10.3 Å². The fourth-order valence-electron chi connectivity index (χ4n) is 3.02. The summed E-state index contributed by atoms with van der Waals surface area (Å²) in [5.74, 6) is -2.28. The molecule has 0 aliphatic rings. The van der Waals surface area contributed by atoms with Crippen LogP contribution in [0, 0.1) is 17.5 Å². The van der Waals surface area contributed by atoms with Crippen molar-refractivity contribution in [2.24, 2.45) is 0 Å². The summed E-state index contributed by atoms with van der Waals surface area (Å²) in [6.07, 6.45) is 0.198. The molecule has 3 aromatic rings. The van der Waals surface area contributed by atoms with Crippen molar-refractivity contribution in [1.82, 2.24) is 10.3 Å². The third-order valence-corrected chi connectivity index (χ3v) is 4.31. The van der Waals surface area contributed by atoms with Crippen LogP contribution in [0.25, 0.3) is 22.2 Å². The number of hydrogen-bond donors (Lipinski definition) is 2. The van der Waals surface area contributed by atoms with E-state index in [1.165, 1.54) is 37.3 Å². The zero-order valence-electron chi connectivity index (χ0n) is 14.6. The highest BCUT2D eigenvalue weighted by Crippen LogP contribution is 2.33. The van der Waals surface area contributed by atoms with Crippen LogP contribution in [0.4, 0.5) is 17.6 Å². The first-order valence-electron chi connectivity index (χ1n) is 8.50. The molecule has 1 amide bonds. The highest BCUT2D eigenvalue weighted by Gasteiger charge is 2.18. The van der Waals surface area contributed by atoms with Crippen LogP contribution in [-0.2, 0) is 11.2 Å². The van der Waals surface area contributed by atoms with Crippen LogP contribution in [0.2, 0.25) is 0 Å². The zero-order chi connectivity index (χ0) is 19.6. The first-order chi connectivity index (χ1) is 12.9. The lowest BCUT2D eigenvalue weighted by molar-refractivity contribution is -0.121. The minimum absolute atomic E-state index is 0.0175. The van der Waals surface area contributed by atoms with Crippen molar-refractivity contribution in [3.63, 3.8) is 0 Å². The van der Waals surface area contributed by atoms with Crippen molar-refractivity contribution >= 4 is 16.8 Å². The van der Waals surface area contributed by atoms with Gasteiger partial charge in [0.15, 0.2) is 0 Å². The number of aryl methyl sites for hydroxylation is 1. The van der Waals surface area contributed by atoms with Gasteiger partial charge in [-0.2, -0.15) is 0 Å². The van der Waals surface area contributed by atoms with Crippen molar-refractivity contribution in [3.8, 4) is 11.3 Å². The molecule has 7 heteroatoms. The lowest BCUT2D eigenvalue weighted by Gasteiger charge is -2.10. The van der Waals surface area contributed by atoms with E-state index in [0.717, 1.165) is 6.07 Å². The Labute approximate surface area is 153 Å². The lowest BCUT2D eigenvalue weighted by atomic mass is 10.0. The molecule has 27 heavy (non-hydrogen) atoms. The Balaban J connectivity index is 2.01. The second-order valence-electron chi connectivity index (χ2n) is 6.42. The van der Waals surface area contributed by atoms with Crippen LogP contribution in [0.5, 0.6) is 0 Å². The topological polar surface area (TPSA) is 44.9 Å². The van der Waals surface area contributed by atoms with Gasteiger partial charge >= 0.3 is 0 Å². The van der Waals surface area contributed by atoms with Crippen molar-refractivity contribution < 1.29 is 22.4 Å². The van der Waals surface area contributed by atoms with Crippen LogP contribution in [0.15, 0.2) is 36.4 Å². The third-order valence-electron chi connectivity index (χ3n) is 4.31. The maximum atomic E-state index is 14.2. The van der Waals surface area contributed by atoms with E-state index in [0.29, 0.717) is 22.2 Å². The molecular weight excluding hydrogens is 360 g/mol. The molecule has 0 fully saturated rings. The minimum atomic E-state index is -0.755. The van der Waals surface area contributed by atoms with Crippen LogP contribution in [0.3, 0.4) is 0 Å². The highest BCUT2D eigenvalue weighted by atomic mass is 19.1. The molecule has 1 heterocycles. The van der Waals surface area contributed by atoms with Gasteiger partial charge in [-0.25, -0.2) is 17.6 Å². The number of alkyl halides is 1. The number of aromatic nitrogens is 1. The first kappa shape index (κ1) is 18.9. The van der Waals surface area contributed by atoms with E-state index in [4.69, 9.17) is 0 Å². The number of H-pyrrole nitrogens is 1. The number of hydrogen-bond acceptors (Lipinski definition) is 1. The maximum Gasteiger partial charge on any atom is 0.220 e. The predicted molar refractivity (Wildman–Crippen MR) is 95.5 cm³/mol. The number of halogens is 4. The fourth-order valence-corrected chi connectivity index (χ4v) is 3.02. The van der Waals surface area contributed by atoms with Crippen molar-refractivity contribution in [2.75, 3.05) is 6.67 Å². The third kappa shape index (κ3) is 4.13. The molecule has 0 radical (unpaired) electrons. The zero-order valence-corrected chi connectivity index (χ0v) is 14.6. The molecule has 3 rings (SSSR count). The van der Waals surface area contributed by atoms with Gasteiger partial charge in [-0.05, 0) is 54.8 Å². The van der Waals surface area contributed by atoms with Gasteiger partial charge in [0, 0.05) is 23.6 Å². The molecule has 2 aromatic carbocycles. The molecule has 0 saturated carbocycles. The summed E-state index contributed by atoms with van der Waals surface area (Å²) in [6, 6.07) is 6.92. The Morgan fingerprint density at radius 3 is 2.48 bits per heavy atom. The number of benzene rings is 2. The van der Waals surface area contributed by atoms with Gasteiger partial charge in [0.25, 0.3) is 0 Å². The summed E-state index contributed by atoms with van der Waals surface area (Å²) in [5.41, 5.74) is 1.72. The summed E-state index contributed by atoms with van der Waals surface area (Å²) >= 11 is 0. The molecule has 3 nitrogen and oxygen atoms in total. The van der Waals surface area contributed by atoms with E-state index in [1.807, 2.05) is 0 Å². The fraction of sp³-hybridized carbons (Fsp3) is 0.250. The molecule has 0 aliphatic carbocycles. The molecule has 1 aromatic heterocycles. The number of amides is 1. The van der Waals surface area contributed by atoms with Gasteiger partial charge in [0.1, 0.15) is 24.1 Å². The Kier molecular flexibility index (Phi) is 5.48. The van der Waals surface area contributed by atoms with E-state index in [9.17, 15) is 22.4 Å². The standard InChI is InChI=1S/C20H18F4N2O/c1-11(10-21)25-18(27)7-6-15-16-8-14(23)9-17(24)20(16)26-19(15)12-2-4-13(22)5-3-12/h2-5,8-9,11,26H,6-7,10H2,1H3,(H,25,27). The Morgan fingerprint density at radius 1 is 1.11 bits per heavy atom. The molecule has 2 N–H and O–H groups in total. The average molecular weight is 378 g/mol. The first-order valence-corrected chi connectivity index (χ1v) is 8.50. The lowest BCUT2D eigenvalue weighted by Crippen LogP contribution is -2.34. The number of carbonyl (C=O) groups is 1. The summed E-state index contributed by atoms with van der Waals surface area (Å²) in [4.78, 5) is 14.9. The quantitative estimate of drug-likeness (QED) is 0.602. The van der Waals surface area contributed by atoms with Gasteiger partial charge in [-0.3, -0.25) is 4.79 Å². The minimum Gasteiger partial charge on any atom is -0.352 e. The van der Waals surface area contributed by atoms with Gasteiger partial charge in [0.2, 0.25) is 5.91 Å². The molecule has 0 saturated heterocycles. The monoisotopic (exact) mass is 378 g/mol. The number of carbonyl (C=O) groups excluding carboxylic acids is 1. The van der Waals surface area contributed by atoms with Gasteiger partial charge in [0.05, 0.1) is 11.6 Å². The van der Waals surface area contributed by atoms with Crippen molar-refractivity contribution in [1.29, 1.82) is 0 Å². The molecule has 142 valence electrons. The Morgan fingerprint density at radius 2 is 1.81 bits per heavy atom. The highest BCUT2D eigenvalue weighted by molar-refractivity contribution is 5.92. The number of fused-ring (bicyclic) bond motifs is 1. The number of nitrogens with one attached hydrogen (secondary N) is 2. The molecule has 0 aliphatic heterocycles. The average Bonchev–Trinajstić information content (AvgIpc) is 2.99. The van der Waals surface area contributed by atoms with Crippen LogP contribution in [0.1, 0.15) is 18.9 Å². The normalized spacial score (nSPS) is 12.3. The smallest absolute Gasteiger partial charge is 0.220 e. The molecular formula is C20H18F4N2O. The van der Waals surface area contributed by atoms with Gasteiger partial charge < -0.3 is 10.3 Å². The van der Waals surface area contributed by atoms with Crippen molar-refractivity contribution in [3.05, 3.63) is 59.4 Å². The maximum absolute atomic E-state index is 14.2. The van der Waals surface area contributed by atoms with E-state index in [1.54, 1.807) is 0 Å². The van der Waals surface area contributed by atoms with E-state index < -0.39 is 30.2 Å². The van der Waals surface area contributed by atoms with Crippen LogP contribution in [-0.4, -0.2) is 23.6 Å². The predicted octanol–water partition coefficient (Wildman–Crippen LogP) is 4.66. The largest absolute Gasteiger partial charge is 0.352 e. The Bertz CT molecular complexity index is 966. The summed E-state index contributed by atoms with van der Waals surface area (Å²) < 4.78 is 53.7. The summed E-state index contributed by atoms with van der Waals surface area (Å²) in [5, 5.41) is 2.83. The second-order valence-corrected chi connectivity index (χ2v) is 6.42. The molecule has 1 unspecified atom stereocenters. The summed E-state index contributed by atoms with van der Waals surface area (Å²) in [7, 11) is 0. The molecule has 0 bridgehead atoms. The van der Waals surface area contributed by atoms with Gasteiger partial charge in [-0.1, -0.05) is 0 Å². The van der Waals surface area contributed by atoms with E-state index in [-0.39, 0.29) is 24.3 Å². The van der Waals surface area contributed by atoms with Crippen LogP contribution < -0.4 is 5.32 Å². The second kappa shape index (κ2) is 7.82. The number of rotatable bonds is 6. The molecule has 1 atom stereocenters.